The summed E-state index contributed by atoms with van der Waals surface area (Å²) in [7, 11) is -0.977. The minimum absolute atomic E-state index is 0.105. The molecule has 1 aromatic carbocycles. The van der Waals surface area contributed by atoms with Crippen LogP contribution < -0.4 is 9.64 Å². The van der Waals surface area contributed by atoms with Gasteiger partial charge in [-0.15, -0.1) is 0 Å². The Labute approximate surface area is 176 Å². The van der Waals surface area contributed by atoms with Gasteiger partial charge in [-0.3, -0.25) is 0 Å². The Hall–Kier alpha value is -1.64. The van der Waals surface area contributed by atoms with Gasteiger partial charge in [0.2, 0.25) is 0 Å². The molecule has 1 spiro atoms. The molecule has 2 aliphatic heterocycles. The van der Waals surface area contributed by atoms with Crippen LogP contribution in [-0.2, 0) is 9.92 Å². The molecule has 1 atom stereocenters. The number of nitrogens with one attached hydrogen (secondary N) is 1. The van der Waals surface area contributed by atoms with Crippen LogP contribution in [0, 0.1) is 10.2 Å². The van der Waals surface area contributed by atoms with Crippen molar-refractivity contribution in [2.45, 2.75) is 37.4 Å². The number of halogens is 1. The molecule has 5 rings (SSSR count). The first kappa shape index (κ1) is 19.3. The number of hydrogen-bond donors (Lipinski definition) is 1. The van der Waals surface area contributed by atoms with Gasteiger partial charge in [-0.25, -0.2) is 13.3 Å². The van der Waals surface area contributed by atoms with Gasteiger partial charge >= 0.3 is 0 Å². The molecule has 0 radical (unpaired) electrons. The second-order valence-corrected chi connectivity index (χ2v) is 11.3. The van der Waals surface area contributed by atoms with Crippen LogP contribution in [0.25, 0.3) is 10.9 Å². The van der Waals surface area contributed by atoms with E-state index >= 15 is 0 Å². The first-order valence-electron chi connectivity index (χ1n) is 10.2. The zero-order valence-corrected chi connectivity index (χ0v) is 18.1. The van der Waals surface area contributed by atoms with Gasteiger partial charge in [0.05, 0.1) is 34.8 Å². The number of hydrogen-bond acceptors (Lipinski definition) is 6. The fourth-order valence-corrected chi connectivity index (χ4v) is 7.07. The largest absolute Gasteiger partial charge is 0.495 e. The Kier molecular flexibility index (Phi) is 4.64. The van der Waals surface area contributed by atoms with Crippen molar-refractivity contribution in [3.8, 4) is 5.75 Å². The number of aromatic nitrogens is 2. The summed E-state index contributed by atoms with van der Waals surface area (Å²) in [5.41, 5.74) is 2.01. The first-order valence-corrected chi connectivity index (χ1v) is 12.1. The molecule has 3 heterocycles. The number of piperidine rings is 1. The summed E-state index contributed by atoms with van der Waals surface area (Å²) in [4.78, 5) is 2.35. The number of methoxy groups -OCH3 is 1. The molecule has 0 bridgehead atoms. The molecule has 9 heteroatoms. The minimum atomic E-state index is -2.57. The molecular formula is C20H26ClN5O2S. The van der Waals surface area contributed by atoms with Crippen molar-refractivity contribution >= 4 is 38.1 Å². The maximum absolute atomic E-state index is 12.8. The molecule has 3 aliphatic rings. The van der Waals surface area contributed by atoms with Crippen molar-refractivity contribution in [1.29, 1.82) is 4.78 Å². The Bertz CT molecular complexity index is 1050. The molecule has 1 N–H and O–H groups in total. The standard InChI is InChI=1S/C20H26ClN5O2S/c1-28-19-11-17-15(10-16(19)21)18(12-23-24-17)25-7-4-20(5-8-25)6-9-26(13-20)29(22,27)14-2-3-14/h10-12,14,22H,2-9,13H2,1H3. The topological polar surface area (TPSA) is 82.4 Å². The summed E-state index contributed by atoms with van der Waals surface area (Å²) in [6, 6.07) is 3.74. The van der Waals surface area contributed by atoms with Crippen LogP contribution in [0.1, 0.15) is 32.1 Å². The molecule has 156 valence electrons. The van der Waals surface area contributed by atoms with Crippen LogP contribution in [0.15, 0.2) is 18.3 Å². The van der Waals surface area contributed by atoms with Crippen molar-refractivity contribution in [2.75, 3.05) is 38.2 Å². The Balaban J connectivity index is 1.34. The summed E-state index contributed by atoms with van der Waals surface area (Å²) < 4.78 is 28.5. The lowest BCUT2D eigenvalue weighted by Gasteiger charge is -2.40. The van der Waals surface area contributed by atoms with Crippen molar-refractivity contribution in [1.82, 2.24) is 14.5 Å². The molecule has 1 saturated carbocycles. The van der Waals surface area contributed by atoms with E-state index in [4.69, 9.17) is 21.1 Å². The smallest absolute Gasteiger partial charge is 0.139 e. The molecule has 2 saturated heterocycles. The van der Waals surface area contributed by atoms with Gasteiger partial charge in [-0.05, 0) is 43.6 Å². The molecular weight excluding hydrogens is 410 g/mol. The van der Waals surface area contributed by atoms with Crippen molar-refractivity contribution in [3.05, 3.63) is 23.4 Å². The third-order valence-electron chi connectivity index (χ3n) is 6.82. The maximum atomic E-state index is 12.8. The summed E-state index contributed by atoms with van der Waals surface area (Å²) in [5, 5.41) is 10.1. The third kappa shape index (κ3) is 3.35. The molecule has 7 nitrogen and oxygen atoms in total. The first-order chi connectivity index (χ1) is 13.9. The molecule has 2 aromatic rings. The van der Waals surface area contributed by atoms with E-state index in [0.29, 0.717) is 10.8 Å². The van der Waals surface area contributed by atoms with E-state index in [2.05, 4.69) is 15.1 Å². The maximum Gasteiger partial charge on any atom is 0.139 e. The van der Waals surface area contributed by atoms with E-state index in [1.807, 2.05) is 22.6 Å². The lowest BCUT2D eigenvalue weighted by atomic mass is 9.77. The van der Waals surface area contributed by atoms with Gasteiger partial charge in [0.15, 0.2) is 0 Å². The number of nitrogens with zero attached hydrogens (tertiary/aromatic N) is 4. The zero-order valence-electron chi connectivity index (χ0n) is 16.6. The summed E-state index contributed by atoms with van der Waals surface area (Å²) in [6.45, 7) is 3.44. The molecule has 1 aromatic heterocycles. The van der Waals surface area contributed by atoms with Crippen molar-refractivity contribution < 1.29 is 8.95 Å². The minimum Gasteiger partial charge on any atom is -0.495 e. The summed E-state index contributed by atoms with van der Waals surface area (Å²) in [6.07, 6.45) is 6.84. The third-order valence-corrected chi connectivity index (χ3v) is 9.57. The Morgan fingerprint density at radius 2 is 1.97 bits per heavy atom. The quantitative estimate of drug-likeness (QED) is 0.791. The van der Waals surface area contributed by atoms with Gasteiger partial charge in [0.1, 0.15) is 15.7 Å². The van der Waals surface area contributed by atoms with Gasteiger partial charge in [-0.1, -0.05) is 11.6 Å². The van der Waals surface area contributed by atoms with Crippen molar-refractivity contribution in [3.63, 3.8) is 0 Å². The number of anilines is 1. The monoisotopic (exact) mass is 435 g/mol. The average Bonchev–Trinajstić information content (AvgIpc) is 3.50. The lowest BCUT2D eigenvalue weighted by Crippen LogP contribution is -2.42. The second-order valence-electron chi connectivity index (χ2n) is 8.60. The zero-order chi connectivity index (χ0) is 20.2. The van der Waals surface area contributed by atoms with Gasteiger partial charge < -0.3 is 9.64 Å². The lowest BCUT2D eigenvalue weighted by molar-refractivity contribution is 0.236. The SMILES string of the molecule is COc1cc2nncc(N3CCC4(CC3)CCN(S(=N)(=O)C3CC3)C4)c2cc1Cl. The predicted octanol–water partition coefficient (Wildman–Crippen LogP) is 3.71. The van der Waals surface area contributed by atoms with Crippen LogP contribution in [0.2, 0.25) is 5.02 Å². The predicted molar refractivity (Wildman–Crippen MR) is 115 cm³/mol. The molecule has 0 amide bonds. The summed E-state index contributed by atoms with van der Waals surface area (Å²) in [5.74, 6) is 0.601. The van der Waals surface area contributed by atoms with Crippen LogP contribution in [0.5, 0.6) is 5.75 Å². The van der Waals surface area contributed by atoms with E-state index in [0.717, 1.165) is 74.9 Å². The van der Waals surface area contributed by atoms with E-state index in [1.54, 1.807) is 7.11 Å². The van der Waals surface area contributed by atoms with Crippen LogP contribution in [0.3, 0.4) is 0 Å². The number of rotatable bonds is 4. The highest BCUT2D eigenvalue weighted by Gasteiger charge is 2.46. The fourth-order valence-electron chi connectivity index (χ4n) is 4.81. The van der Waals surface area contributed by atoms with E-state index in [1.165, 1.54) is 0 Å². The van der Waals surface area contributed by atoms with Gasteiger partial charge in [-0.2, -0.15) is 10.2 Å². The molecule has 1 unspecified atom stereocenters. The van der Waals surface area contributed by atoms with Crippen molar-refractivity contribution in [2.24, 2.45) is 5.41 Å². The van der Waals surface area contributed by atoms with Gasteiger partial charge in [0, 0.05) is 37.6 Å². The van der Waals surface area contributed by atoms with E-state index in [-0.39, 0.29) is 10.7 Å². The average molecular weight is 436 g/mol. The van der Waals surface area contributed by atoms with E-state index < -0.39 is 9.92 Å². The Morgan fingerprint density at radius 1 is 1.24 bits per heavy atom. The van der Waals surface area contributed by atoms with Crippen LogP contribution in [0.4, 0.5) is 5.69 Å². The Morgan fingerprint density at radius 3 is 2.66 bits per heavy atom. The van der Waals surface area contributed by atoms with Gasteiger partial charge in [0.25, 0.3) is 0 Å². The normalized spacial score (nSPS) is 24.1. The molecule has 1 aliphatic carbocycles. The van der Waals surface area contributed by atoms with E-state index in [9.17, 15) is 4.21 Å². The number of fused-ring (bicyclic) bond motifs is 1. The molecule has 29 heavy (non-hydrogen) atoms. The second kappa shape index (κ2) is 6.96. The highest BCUT2D eigenvalue weighted by Crippen LogP contribution is 2.45. The van der Waals surface area contributed by atoms with Crippen LogP contribution >= 0.6 is 11.6 Å². The fraction of sp³-hybridized carbons (Fsp3) is 0.600. The highest BCUT2D eigenvalue weighted by atomic mass is 35.5. The molecule has 3 fully saturated rings. The van der Waals surface area contributed by atoms with Crippen LogP contribution in [-0.4, -0.2) is 57.3 Å². The highest BCUT2D eigenvalue weighted by molar-refractivity contribution is 7.91. The summed E-state index contributed by atoms with van der Waals surface area (Å²) >= 11 is 6.36. The number of ether oxygens (including phenoxy) is 1. The number of benzene rings is 1.